The Morgan fingerprint density at radius 1 is 1.03 bits per heavy atom. The van der Waals surface area contributed by atoms with E-state index in [0.29, 0.717) is 11.1 Å². The molecule has 0 aliphatic rings. The molecule has 29 heavy (non-hydrogen) atoms. The molecule has 0 saturated heterocycles. The molecule has 0 atom stereocenters. The van der Waals surface area contributed by atoms with Crippen molar-refractivity contribution in [2.75, 3.05) is 24.9 Å². The number of nitrogens with zero attached hydrogens (tertiary/aromatic N) is 2. The molecule has 0 aliphatic carbocycles. The minimum absolute atomic E-state index is 0.0203. The number of hydrogen-bond donors (Lipinski definition) is 3. The molecule has 0 aliphatic heterocycles. The van der Waals surface area contributed by atoms with Crippen LogP contribution in [0.5, 0.6) is 17.2 Å². The fourth-order valence-corrected chi connectivity index (χ4v) is 2.79. The van der Waals surface area contributed by atoms with E-state index in [1.54, 1.807) is 6.07 Å². The fourth-order valence-electron chi connectivity index (χ4n) is 2.79. The summed E-state index contributed by atoms with van der Waals surface area (Å²) in [6.07, 6.45) is 1.51. The van der Waals surface area contributed by atoms with Gasteiger partial charge in [0, 0.05) is 32.0 Å². The van der Waals surface area contributed by atoms with Gasteiger partial charge in [-0.3, -0.25) is 19.7 Å². The molecule has 1 aromatic heterocycles. The lowest BCUT2D eigenvalue weighted by atomic mass is 9.96. The number of carbonyl (C=O) groups excluding carboxylic acids is 3. The monoisotopic (exact) mass is 402 g/mol. The number of rotatable bonds is 7. The molecule has 0 radical (unpaired) electrons. The first-order valence-electron chi connectivity index (χ1n) is 8.56. The Kier molecular flexibility index (Phi) is 6.71. The van der Waals surface area contributed by atoms with Crippen molar-refractivity contribution in [1.82, 2.24) is 9.97 Å². The highest BCUT2D eigenvalue weighted by atomic mass is 16.5. The van der Waals surface area contributed by atoms with Gasteiger partial charge < -0.3 is 19.9 Å². The number of Topliss-reactive ketones (excluding diaryl/α,β-unsaturated/α-hetero) is 1. The maximum Gasteiger partial charge on any atom is 0.231 e. The Morgan fingerprint density at radius 3 is 2.21 bits per heavy atom. The van der Waals surface area contributed by atoms with E-state index in [1.807, 2.05) is 0 Å². The molecule has 0 unspecified atom stereocenters. The van der Waals surface area contributed by atoms with E-state index >= 15 is 0 Å². The topological polar surface area (TPSA) is 140 Å². The van der Waals surface area contributed by atoms with Gasteiger partial charge in [-0.1, -0.05) is 0 Å². The first kappa shape index (κ1) is 21.6. The van der Waals surface area contributed by atoms with Crippen molar-refractivity contribution in [1.29, 1.82) is 0 Å². The first-order chi connectivity index (χ1) is 13.7. The summed E-state index contributed by atoms with van der Waals surface area (Å²) in [5, 5.41) is 15.5. The molecule has 1 aromatic carbocycles. The van der Waals surface area contributed by atoms with Gasteiger partial charge in [0.25, 0.3) is 0 Å². The number of carbonyl (C=O) groups is 3. The van der Waals surface area contributed by atoms with Gasteiger partial charge in [0.05, 0.1) is 19.8 Å². The molecule has 10 nitrogen and oxygen atoms in total. The number of phenolic OH excluding ortho intramolecular Hbond substituents is 1. The third-order valence-corrected chi connectivity index (χ3v) is 3.91. The number of nitrogens with one attached hydrogen (secondary N) is 2. The number of ether oxygens (including phenoxy) is 2. The molecule has 0 saturated carbocycles. The van der Waals surface area contributed by atoms with Gasteiger partial charge in [-0.05, 0) is 18.6 Å². The number of aromatic hydroxyl groups is 1. The maximum absolute atomic E-state index is 12.2. The SMILES string of the molecule is COc1cc(Cc2cnc(NC(C)=O)nc2NC(C)=O)c(C(C)=O)c(O)c1OC. The fraction of sp³-hybridized carbons (Fsp3) is 0.316. The van der Waals surface area contributed by atoms with Gasteiger partial charge in [0.1, 0.15) is 5.82 Å². The number of ketones is 1. The van der Waals surface area contributed by atoms with E-state index < -0.39 is 0 Å². The largest absolute Gasteiger partial charge is 0.504 e. The number of aromatic nitrogens is 2. The summed E-state index contributed by atoms with van der Waals surface area (Å²) in [4.78, 5) is 43.2. The normalized spacial score (nSPS) is 10.2. The van der Waals surface area contributed by atoms with Gasteiger partial charge in [-0.15, -0.1) is 0 Å². The zero-order valence-corrected chi connectivity index (χ0v) is 16.7. The van der Waals surface area contributed by atoms with Crippen molar-refractivity contribution >= 4 is 29.4 Å². The Labute approximate surface area is 167 Å². The van der Waals surface area contributed by atoms with Gasteiger partial charge in [0.15, 0.2) is 17.3 Å². The minimum Gasteiger partial charge on any atom is -0.504 e. The minimum atomic E-state index is -0.379. The third-order valence-electron chi connectivity index (χ3n) is 3.91. The van der Waals surface area contributed by atoms with E-state index in [2.05, 4.69) is 20.6 Å². The van der Waals surface area contributed by atoms with Gasteiger partial charge in [0.2, 0.25) is 23.5 Å². The summed E-state index contributed by atoms with van der Waals surface area (Å²) in [5.41, 5.74) is 0.945. The second-order valence-electron chi connectivity index (χ2n) is 6.16. The molecule has 0 bridgehead atoms. The van der Waals surface area contributed by atoms with Crippen LogP contribution in [-0.4, -0.2) is 46.9 Å². The van der Waals surface area contributed by atoms with Crippen molar-refractivity contribution in [2.24, 2.45) is 0 Å². The Bertz CT molecular complexity index is 974. The zero-order valence-electron chi connectivity index (χ0n) is 16.7. The number of methoxy groups -OCH3 is 2. The van der Waals surface area contributed by atoms with Crippen molar-refractivity contribution in [3.05, 3.63) is 29.0 Å². The van der Waals surface area contributed by atoms with Gasteiger partial charge in [-0.2, -0.15) is 4.98 Å². The second kappa shape index (κ2) is 9.00. The quantitative estimate of drug-likeness (QED) is 0.597. The molecule has 2 aromatic rings. The number of phenols is 1. The first-order valence-corrected chi connectivity index (χ1v) is 8.56. The van der Waals surface area contributed by atoms with Crippen LogP contribution in [0.25, 0.3) is 0 Å². The third kappa shape index (κ3) is 4.98. The standard InChI is InChI=1S/C19H22N4O6/c1-9(24)15-12(7-14(28-4)17(29-5)16(15)27)6-13-8-20-19(22-11(3)26)23-18(13)21-10(2)25/h7-8,27H,6H2,1-5H3,(H2,20,21,22,23,25,26). The lowest BCUT2D eigenvalue weighted by molar-refractivity contribution is -0.115. The molecule has 2 amide bonds. The predicted octanol–water partition coefficient (Wildman–Crippen LogP) is 1.91. The van der Waals surface area contributed by atoms with Crippen LogP contribution in [0.15, 0.2) is 12.3 Å². The predicted molar refractivity (Wildman–Crippen MR) is 105 cm³/mol. The van der Waals surface area contributed by atoms with Crippen LogP contribution in [-0.2, 0) is 16.0 Å². The van der Waals surface area contributed by atoms with Crippen LogP contribution >= 0.6 is 0 Å². The molecule has 0 spiro atoms. The van der Waals surface area contributed by atoms with Crippen LogP contribution in [0.1, 0.15) is 42.3 Å². The average Bonchev–Trinajstić information content (AvgIpc) is 2.62. The molecule has 1 heterocycles. The van der Waals surface area contributed by atoms with E-state index in [-0.39, 0.29) is 58.6 Å². The van der Waals surface area contributed by atoms with Gasteiger partial charge >= 0.3 is 0 Å². The van der Waals surface area contributed by atoms with E-state index in [4.69, 9.17) is 9.47 Å². The number of hydrogen-bond acceptors (Lipinski definition) is 8. The van der Waals surface area contributed by atoms with Gasteiger partial charge in [-0.25, -0.2) is 4.98 Å². The Balaban J connectivity index is 2.60. The zero-order chi connectivity index (χ0) is 21.7. The second-order valence-corrected chi connectivity index (χ2v) is 6.16. The number of amides is 2. The summed E-state index contributed by atoms with van der Waals surface area (Å²) in [5.74, 6) is -0.993. The van der Waals surface area contributed by atoms with Crippen molar-refractivity contribution in [3.63, 3.8) is 0 Å². The highest BCUT2D eigenvalue weighted by molar-refractivity contribution is 6.00. The summed E-state index contributed by atoms with van der Waals surface area (Å²) in [6.45, 7) is 3.93. The molecular formula is C19H22N4O6. The van der Waals surface area contributed by atoms with Crippen molar-refractivity contribution in [2.45, 2.75) is 27.2 Å². The number of benzene rings is 1. The molecule has 3 N–H and O–H groups in total. The molecule has 154 valence electrons. The summed E-state index contributed by atoms with van der Waals surface area (Å²) < 4.78 is 10.4. The van der Waals surface area contributed by atoms with Crippen molar-refractivity contribution < 1.29 is 29.0 Å². The highest BCUT2D eigenvalue weighted by Gasteiger charge is 2.23. The molecular weight excluding hydrogens is 380 g/mol. The lowest BCUT2D eigenvalue weighted by Gasteiger charge is -2.17. The average molecular weight is 402 g/mol. The molecule has 10 heteroatoms. The van der Waals surface area contributed by atoms with E-state index in [9.17, 15) is 19.5 Å². The Morgan fingerprint density at radius 2 is 1.69 bits per heavy atom. The maximum atomic E-state index is 12.2. The van der Waals surface area contributed by atoms with Crippen LogP contribution < -0.4 is 20.1 Å². The van der Waals surface area contributed by atoms with E-state index in [1.165, 1.54) is 41.2 Å². The summed E-state index contributed by atoms with van der Waals surface area (Å²) in [7, 11) is 2.76. The Hall–Kier alpha value is -3.69. The highest BCUT2D eigenvalue weighted by Crippen LogP contribution is 2.42. The molecule has 0 fully saturated rings. The number of anilines is 2. The van der Waals surface area contributed by atoms with Crippen LogP contribution in [0.4, 0.5) is 11.8 Å². The smallest absolute Gasteiger partial charge is 0.231 e. The molecule has 2 rings (SSSR count). The summed E-state index contributed by atoms with van der Waals surface area (Å²) >= 11 is 0. The van der Waals surface area contributed by atoms with Crippen LogP contribution in [0.2, 0.25) is 0 Å². The van der Waals surface area contributed by atoms with Crippen LogP contribution in [0.3, 0.4) is 0 Å². The van der Waals surface area contributed by atoms with Crippen LogP contribution in [0, 0.1) is 0 Å². The van der Waals surface area contributed by atoms with E-state index in [0.717, 1.165) is 0 Å². The van der Waals surface area contributed by atoms with Crippen molar-refractivity contribution in [3.8, 4) is 17.2 Å². The lowest BCUT2D eigenvalue weighted by Crippen LogP contribution is -2.15. The summed E-state index contributed by atoms with van der Waals surface area (Å²) in [6, 6.07) is 1.56.